The highest BCUT2D eigenvalue weighted by atomic mass is 32.2. The van der Waals surface area contributed by atoms with Gasteiger partial charge in [-0.25, -0.2) is 9.97 Å². The fourth-order valence-electron chi connectivity index (χ4n) is 2.77. The smallest absolute Gasteiger partial charge is 0.223 e. The quantitative estimate of drug-likeness (QED) is 0.921. The third-order valence-corrected chi connectivity index (χ3v) is 5.42. The van der Waals surface area contributed by atoms with Crippen molar-refractivity contribution in [1.29, 1.82) is 0 Å². The predicted octanol–water partition coefficient (Wildman–Crippen LogP) is 3.72. The number of fused-ring (bicyclic) bond motifs is 1. The minimum absolute atomic E-state index is 0.384. The number of rotatable bonds is 4. The lowest BCUT2D eigenvalue weighted by atomic mass is 10.1. The second kappa shape index (κ2) is 5.37. The number of hydrogen-bond acceptors (Lipinski definition) is 4. The highest BCUT2D eigenvalue weighted by molar-refractivity contribution is 8.00. The summed E-state index contributed by atoms with van der Waals surface area (Å²) in [6.45, 7) is 0.965. The number of anilines is 1. The minimum atomic E-state index is 0.384. The first kappa shape index (κ1) is 12.7. The highest BCUT2D eigenvalue weighted by Crippen LogP contribution is 2.40. The summed E-state index contributed by atoms with van der Waals surface area (Å²) in [5, 5.41) is 4.52. The molecule has 2 aromatic rings. The van der Waals surface area contributed by atoms with Gasteiger partial charge in [0.25, 0.3) is 0 Å². The molecule has 1 aliphatic carbocycles. The van der Waals surface area contributed by atoms with Crippen LogP contribution in [0.1, 0.15) is 25.7 Å². The number of benzene rings is 1. The third kappa shape index (κ3) is 2.68. The zero-order valence-corrected chi connectivity index (χ0v) is 12.0. The minimum Gasteiger partial charge on any atom is -0.353 e. The van der Waals surface area contributed by atoms with E-state index in [0.717, 1.165) is 23.4 Å². The number of para-hydroxylation sites is 1. The molecule has 4 heteroatoms. The first-order valence-electron chi connectivity index (χ1n) is 6.82. The van der Waals surface area contributed by atoms with E-state index in [1.54, 1.807) is 0 Å². The third-order valence-electron chi connectivity index (χ3n) is 4.01. The van der Waals surface area contributed by atoms with Gasteiger partial charge in [-0.2, -0.15) is 11.8 Å². The van der Waals surface area contributed by atoms with E-state index in [4.69, 9.17) is 0 Å². The van der Waals surface area contributed by atoms with Crippen molar-refractivity contribution >= 4 is 28.6 Å². The Bertz CT molecular complexity index is 564. The first-order chi connectivity index (χ1) is 9.31. The second-order valence-electron chi connectivity index (χ2n) is 5.20. The maximum absolute atomic E-state index is 4.57. The molecule has 1 heterocycles. The van der Waals surface area contributed by atoms with Crippen LogP contribution in [-0.2, 0) is 0 Å². The maximum atomic E-state index is 4.57. The lowest BCUT2D eigenvalue weighted by Gasteiger charge is -2.26. The molecule has 100 valence electrons. The van der Waals surface area contributed by atoms with Crippen molar-refractivity contribution in [2.75, 3.05) is 18.1 Å². The van der Waals surface area contributed by atoms with E-state index in [0.29, 0.717) is 4.75 Å². The molecule has 3 nitrogen and oxygen atoms in total. The Balaban J connectivity index is 1.74. The van der Waals surface area contributed by atoms with E-state index >= 15 is 0 Å². The summed E-state index contributed by atoms with van der Waals surface area (Å²) < 4.78 is 0.384. The van der Waals surface area contributed by atoms with E-state index in [1.165, 1.54) is 25.7 Å². The van der Waals surface area contributed by atoms with Crippen molar-refractivity contribution in [3.05, 3.63) is 30.5 Å². The van der Waals surface area contributed by atoms with E-state index in [1.807, 2.05) is 42.2 Å². The van der Waals surface area contributed by atoms with Gasteiger partial charge in [-0.15, -0.1) is 0 Å². The van der Waals surface area contributed by atoms with Gasteiger partial charge >= 0.3 is 0 Å². The molecule has 1 aromatic heterocycles. The normalized spacial score (nSPS) is 17.7. The molecule has 0 amide bonds. The summed E-state index contributed by atoms with van der Waals surface area (Å²) in [6.07, 6.45) is 9.41. The largest absolute Gasteiger partial charge is 0.353 e. The van der Waals surface area contributed by atoms with Crippen molar-refractivity contribution in [3.8, 4) is 0 Å². The van der Waals surface area contributed by atoms with Gasteiger partial charge in [-0.05, 0) is 25.2 Å². The van der Waals surface area contributed by atoms with Gasteiger partial charge in [-0.1, -0.05) is 31.0 Å². The molecule has 0 aliphatic heterocycles. The standard InChI is InChI=1S/C15H19N3S/c1-19-15(8-4-5-9-15)11-17-14-16-10-12-6-2-3-7-13(12)18-14/h2-3,6-7,10H,4-5,8-9,11H2,1H3,(H,16,17,18). The Morgan fingerprint density at radius 1 is 1.26 bits per heavy atom. The number of hydrogen-bond donors (Lipinski definition) is 1. The fraction of sp³-hybridized carbons (Fsp3) is 0.467. The summed E-state index contributed by atoms with van der Waals surface area (Å²) in [6, 6.07) is 8.10. The van der Waals surface area contributed by atoms with Crippen LogP contribution in [0.15, 0.2) is 30.5 Å². The highest BCUT2D eigenvalue weighted by Gasteiger charge is 2.32. The van der Waals surface area contributed by atoms with Gasteiger partial charge in [0, 0.05) is 22.9 Å². The fourth-order valence-corrected chi connectivity index (χ4v) is 3.68. The van der Waals surface area contributed by atoms with Crippen molar-refractivity contribution in [2.45, 2.75) is 30.4 Å². The Kier molecular flexibility index (Phi) is 3.60. The number of nitrogens with zero attached hydrogens (tertiary/aromatic N) is 2. The van der Waals surface area contributed by atoms with Crippen LogP contribution >= 0.6 is 11.8 Å². The molecule has 0 radical (unpaired) electrons. The average Bonchev–Trinajstić information content (AvgIpc) is 2.94. The molecule has 3 rings (SSSR count). The molecule has 0 bridgehead atoms. The van der Waals surface area contributed by atoms with Gasteiger partial charge in [0.05, 0.1) is 5.52 Å². The van der Waals surface area contributed by atoms with Crippen LogP contribution in [0.2, 0.25) is 0 Å². The van der Waals surface area contributed by atoms with Gasteiger partial charge in [0.1, 0.15) is 0 Å². The molecule has 19 heavy (non-hydrogen) atoms. The zero-order valence-electron chi connectivity index (χ0n) is 11.2. The summed E-state index contributed by atoms with van der Waals surface area (Å²) in [7, 11) is 0. The van der Waals surface area contributed by atoms with Gasteiger partial charge in [0.2, 0.25) is 5.95 Å². The SMILES string of the molecule is CSC1(CNc2ncc3ccccc3n2)CCCC1. The van der Waals surface area contributed by atoms with Crippen LogP contribution in [-0.4, -0.2) is 27.5 Å². The molecule has 1 aromatic carbocycles. The Morgan fingerprint density at radius 3 is 2.84 bits per heavy atom. The van der Waals surface area contributed by atoms with Crippen LogP contribution in [0.25, 0.3) is 10.9 Å². The maximum Gasteiger partial charge on any atom is 0.223 e. The van der Waals surface area contributed by atoms with Crippen LogP contribution in [0, 0.1) is 0 Å². The predicted molar refractivity (Wildman–Crippen MR) is 82.7 cm³/mol. The lowest BCUT2D eigenvalue weighted by molar-refractivity contribution is 0.637. The van der Waals surface area contributed by atoms with Crippen LogP contribution in [0.4, 0.5) is 5.95 Å². The number of aromatic nitrogens is 2. The molecule has 1 fully saturated rings. The molecular weight excluding hydrogens is 254 g/mol. The molecule has 0 unspecified atom stereocenters. The Labute approximate surface area is 118 Å². The van der Waals surface area contributed by atoms with E-state index in [2.05, 4.69) is 21.5 Å². The molecule has 0 spiro atoms. The number of thioether (sulfide) groups is 1. The van der Waals surface area contributed by atoms with Gasteiger partial charge < -0.3 is 5.32 Å². The molecular formula is C15H19N3S. The molecule has 0 saturated heterocycles. The monoisotopic (exact) mass is 273 g/mol. The van der Waals surface area contributed by atoms with E-state index < -0.39 is 0 Å². The summed E-state index contributed by atoms with van der Waals surface area (Å²) in [5.41, 5.74) is 1.00. The number of nitrogens with one attached hydrogen (secondary N) is 1. The Hall–Kier alpha value is -1.29. The molecule has 0 atom stereocenters. The van der Waals surface area contributed by atoms with Crippen LogP contribution in [0.3, 0.4) is 0 Å². The summed E-state index contributed by atoms with van der Waals surface area (Å²) in [4.78, 5) is 8.97. The zero-order chi connectivity index (χ0) is 13.1. The van der Waals surface area contributed by atoms with Crippen molar-refractivity contribution in [1.82, 2.24) is 9.97 Å². The van der Waals surface area contributed by atoms with Gasteiger partial charge in [0.15, 0.2) is 0 Å². The van der Waals surface area contributed by atoms with Gasteiger partial charge in [-0.3, -0.25) is 0 Å². The van der Waals surface area contributed by atoms with Crippen molar-refractivity contribution in [2.24, 2.45) is 0 Å². The Morgan fingerprint density at radius 2 is 2.05 bits per heavy atom. The summed E-state index contributed by atoms with van der Waals surface area (Å²) >= 11 is 1.98. The first-order valence-corrected chi connectivity index (χ1v) is 8.05. The van der Waals surface area contributed by atoms with Crippen LogP contribution < -0.4 is 5.32 Å². The second-order valence-corrected chi connectivity index (χ2v) is 6.47. The summed E-state index contributed by atoms with van der Waals surface area (Å²) in [5.74, 6) is 0.749. The van der Waals surface area contributed by atoms with Crippen molar-refractivity contribution in [3.63, 3.8) is 0 Å². The molecule has 1 N–H and O–H groups in total. The molecule has 1 aliphatic rings. The average molecular weight is 273 g/mol. The van der Waals surface area contributed by atoms with E-state index in [-0.39, 0.29) is 0 Å². The topological polar surface area (TPSA) is 37.8 Å². The van der Waals surface area contributed by atoms with Crippen LogP contribution in [0.5, 0.6) is 0 Å². The molecule has 1 saturated carbocycles. The van der Waals surface area contributed by atoms with E-state index in [9.17, 15) is 0 Å². The van der Waals surface area contributed by atoms with Crippen molar-refractivity contribution < 1.29 is 0 Å². The lowest BCUT2D eigenvalue weighted by Crippen LogP contribution is -2.30.